The smallest absolute Gasteiger partial charge is 0.243 e. The van der Waals surface area contributed by atoms with E-state index in [2.05, 4.69) is 33.7 Å². The highest BCUT2D eigenvalue weighted by atomic mass is 35.5. The number of hydrogen-bond acceptors (Lipinski definition) is 5. The number of likely N-dealkylation sites (tertiary alicyclic amines) is 1. The lowest BCUT2D eigenvalue weighted by Crippen LogP contribution is -2.58. The van der Waals surface area contributed by atoms with Gasteiger partial charge in [0.25, 0.3) is 0 Å². The average molecular weight is 559 g/mol. The number of nitrogens with zero attached hydrogens (tertiary/aromatic N) is 2. The van der Waals surface area contributed by atoms with Crippen molar-refractivity contribution in [2.75, 3.05) is 26.2 Å². The number of nitrogens with one attached hydrogen (secondary N) is 2. The van der Waals surface area contributed by atoms with Crippen molar-refractivity contribution in [3.63, 3.8) is 0 Å². The Morgan fingerprint density at radius 1 is 1.03 bits per heavy atom. The van der Waals surface area contributed by atoms with Gasteiger partial charge in [-0.15, -0.1) is 0 Å². The van der Waals surface area contributed by atoms with Gasteiger partial charge in [0, 0.05) is 24.7 Å². The lowest BCUT2D eigenvalue weighted by molar-refractivity contribution is -0.132. The van der Waals surface area contributed by atoms with Gasteiger partial charge in [-0.2, -0.15) is 4.31 Å². The molecule has 5 rings (SSSR count). The second-order valence-electron chi connectivity index (χ2n) is 10.5. The quantitative estimate of drug-likeness (QED) is 0.543. The number of aryl methyl sites for hydroxylation is 1. The molecule has 0 bridgehead atoms. The van der Waals surface area contributed by atoms with Crippen molar-refractivity contribution in [3.8, 4) is 0 Å². The first-order valence-corrected chi connectivity index (χ1v) is 15.3. The molecule has 2 N–H and O–H groups in total. The molecule has 1 unspecified atom stereocenters. The first kappa shape index (κ1) is 27.1. The van der Waals surface area contributed by atoms with Crippen LogP contribution in [0, 0.1) is 0 Å². The van der Waals surface area contributed by atoms with E-state index in [-0.39, 0.29) is 36.4 Å². The molecule has 2 aromatic rings. The van der Waals surface area contributed by atoms with Crippen LogP contribution in [0.25, 0.3) is 0 Å². The summed E-state index contributed by atoms with van der Waals surface area (Å²) in [6, 6.07) is 11.1. The molecular formula is C28H35ClN4O4S. The molecule has 38 heavy (non-hydrogen) atoms. The van der Waals surface area contributed by atoms with Crippen LogP contribution in [0.3, 0.4) is 0 Å². The number of piperidine rings is 1. The molecule has 3 aliphatic rings. The van der Waals surface area contributed by atoms with Crippen LogP contribution in [-0.2, 0) is 32.6 Å². The Morgan fingerprint density at radius 2 is 1.79 bits per heavy atom. The van der Waals surface area contributed by atoms with Crippen LogP contribution in [0.4, 0.5) is 0 Å². The summed E-state index contributed by atoms with van der Waals surface area (Å²) in [7, 11) is -3.98. The molecule has 2 atom stereocenters. The SMILES string of the molecule is O=C(CC1C(=O)NCCN1S(=O)(=O)c1ccc(Cl)cc1)N[C@@H]1CCCc2cc(CN3CCCCC3)ccc21. The maximum atomic E-state index is 13.3. The molecule has 204 valence electrons. The second kappa shape index (κ2) is 11.7. The summed E-state index contributed by atoms with van der Waals surface area (Å²) in [6.07, 6.45) is 6.35. The lowest BCUT2D eigenvalue weighted by atomic mass is 9.86. The third-order valence-electron chi connectivity index (χ3n) is 7.79. The van der Waals surface area contributed by atoms with Crippen LogP contribution in [0.1, 0.15) is 61.3 Å². The number of carbonyl (C=O) groups excluding carboxylic acids is 2. The standard InChI is InChI=1S/C28H35ClN4O4S/c29-22-8-10-23(11-9-22)38(36,37)33-16-13-30-28(35)26(33)18-27(34)31-25-6-4-5-21-17-20(7-12-24(21)25)19-32-14-2-1-3-15-32/h7-12,17,25-26H,1-6,13-16,18-19H2,(H,30,35)(H,31,34)/t25-,26?/m1/s1. The van der Waals surface area contributed by atoms with Gasteiger partial charge in [0.05, 0.1) is 17.4 Å². The molecule has 0 spiro atoms. The van der Waals surface area contributed by atoms with Gasteiger partial charge in [0.2, 0.25) is 21.8 Å². The molecule has 1 aliphatic carbocycles. The van der Waals surface area contributed by atoms with Crippen LogP contribution in [-0.4, -0.2) is 61.7 Å². The number of carbonyl (C=O) groups is 2. The highest BCUT2D eigenvalue weighted by Crippen LogP contribution is 2.31. The van der Waals surface area contributed by atoms with E-state index in [4.69, 9.17) is 11.6 Å². The van der Waals surface area contributed by atoms with Gasteiger partial charge in [-0.25, -0.2) is 8.42 Å². The summed E-state index contributed by atoms with van der Waals surface area (Å²) in [4.78, 5) is 28.5. The Kier molecular flexibility index (Phi) is 8.38. The average Bonchev–Trinajstić information content (AvgIpc) is 2.90. The van der Waals surface area contributed by atoms with Crippen molar-refractivity contribution in [1.29, 1.82) is 0 Å². The molecule has 0 radical (unpaired) electrons. The molecule has 0 saturated carbocycles. The van der Waals surface area contributed by atoms with E-state index in [0.29, 0.717) is 5.02 Å². The monoisotopic (exact) mass is 558 g/mol. The number of sulfonamides is 1. The zero-order chi connectivity index (χ0) is 26.7. The number of halogens is 1. The van der Waals surface area contributed by atoms with Crippen LogP contribution in [0.5, 0.6) is 0 Å². The Labute approximate surface area is 229 Å². The van der Waals surface area contributed by atoms with Gasteiger partial charge >= 0.3 is 0 Å². The number of amides is 2. The first-order valence-electron chi connectivity index (χ1n) is 13.5. The minimum absolute atomic E-state index is 0.0450. The molecule has 10 heteroatoms. The van der Waals surface area contributed by atoms with Crippen LogP contribution in [0.2, 0.25) is 5.02 Å². The van der Waals surface area contributed by atoms with Crippen LogP contribution in [0.15, 0.2) is 47.4 Å². The molecule has 2 aromatic carbocycles. The highest BCUT2D eigenvalue weighted by Gasteiger charge is 2.40. The summed E-state index contributed by atoms with van der Waals surface area (Å²) in [5.74, 6) is -0.797. The highest BCUT2D eigenvalue weighted by molar-refractivity contribution is 7.89. The Balaban J connectivity index is 1.27. The third-order valence-corrected chi connectivity index (χ3v) is 9.97. The number of rotatable bonds is 7. The topological polar surface area (TPSA) is 98.8 Å². The second-order valence-corrected chi connectivity index (χ2v) is 12.8. The van der Waals surface area contributed by atoms with Crippen molar-refractivity contribution in [2.45, 2.75) is 68.5 Å². The summed E-state index contributed by atoms with van der Waals surface area (Å²) >= 11 is 5.92. The lowest BCUT2D eigenvalue weighted by Gasteiger charge is -2.34. The van der Waals surface area contributed by atoms with Gasteiger partial charge in [-0.05, 0) is 86.1 Å². The largest absolute Gasteiger partial charge is 0.353 e. The van der Waals surface area contributed by atoms with Gasteiger partial charge < -0.3 is 10.6 Å². The van der Waals surface area contributed by atoms with Crippen LogP contribution < -0.4 is 10.6 Å². The summed E-state index contributed by atoms with van der Waals surface area (Å²) < 4.78 is 27.8. The van der Waals surface area contributed by atoms with Crippen LogP contribution >= 0.6 is 11.6 Å². The van der Waals surface area contributed by atoms with Crippen molar-refractivity contribution in [2.24, 2.45) is 0 Å². The molecule has 0 aromatic heterocycles. The maximum absolute atomic E-state index is 13.3. The van der Waals surface area contributed by atoms with Crippen molar-refractivity contribution < 1.29 is 18.0 Å². The Morgan fingerprint density at radius 3 is 2.55 bits per heavy atom. The van der Waals surface area contributed by atoms with Gasteiger partial charge in [-0.1, -0.05) is 36.2 Å². The number of benzene rings is 2. The maximum Gasteiger partial charge on any atom is 0.243 e. The molecule has 8 nitrogen and oxygen atoms in total. The first-order chi connectivity index (χ1) is 18.3. The summed E-state index contributed by atoms with van der Waals surface area (Å²) in [6.45, 7) is 3.55. The summed E-state index contributed by atoms with van der Waals surface area (Å²) in [5.41, 5.74) is 3.68. The predicted molar refractivity (Wildman–Crippen MR) is 146 cm³/mol. The van der Waals surface area contributed by atoms with Crippen molar-refractivity contribution >= 4 is 33.4 Å². The minimum Gasteiger partial charge on any atom is -0.353 e. The van der Waals surface area contributed by atoms with Crippen molar-refractivity contribution in [1.82, 2.24) is 19.8 Å². The van der Waals surface area contributed by atoms with Crippen molar-refractivity contribution in [3.05, 3.63) is 64.2 Å². The zero-order valence-corrected chi connectivity index (χ0v) is 23.1. The minimum atomic E-state index is -3.98. The number of fused-ring (bicyclic) bond motifs is 1. The Bertz CT molecular complexity index is 1280. The van der Waals surface area contributed by atoms with E-state index >= 15 is 0 Å². The molecule has 2 fully saturated rings. The third kappa shape index (κ3) is 6.06. The molecule has 2 heterocycles. The van der Waals surface area contributed by atoms with E-state index < -0.39 is 22.0 Å². The zero-order valence-electron chi connectivity index (χ0n) is 21.5. The Hall–Kier alpha value is -2.46. The van der Waals surface area contributed by atoms with E-state index in [1.54, 1.807) is 0 Å². The van der Waals surface area contributed by atoms with Gasteiger partial charge in [0.15, 0.2) is 0 Å². The molecule has 2 aliphatic heterocycles. The molecule has 2 amide bonds. The number of hydrogen-bond donors (Lipinski definition) is 2. The fourth-order valence-electron chi connectivity index (χ4n) is 5.84. The van der Waals surface area contributed by atoms with E-state index in [1.807, 2.05) is 0 Å². The normalized spacial score (nSPS) is 22.9. The fraction of sp³-hybridized carbons (Fsp3) is 0.500. The molecule has 2 saturated heterocycles. The van der Waals surface area contributed by atoms with E-state index in [0.717, 1.165) is 48.8 Å². The molecular weight excluding hydrogens is 524 g/mol. The fourth-order valence-corrected chi connectivity index (χ4v) is 7.55. The number of piperazine rings is 1. The predicted octanol–water partition coefficient (Wildman–Crippen LogP) is 3.40. The van der Waals surface area contributed by atoms with Gasteiger partial charge in [-0.3, -0.25) is 14.5 Å². The summed E-state index contributed by atoms with van der Waals surface area (Å²) in [5, 5.41) is 6.22. The van der Waals surface area contributed by atoms with E-state index in [9.17, 15) is 18.0 Å². The van der Waals surface area contributed by atoms with E-state index in [1.165, 1.54) is 54.7 Å². The van der Waals surface area contributed by atoms with Gasteiger partial charge in [0.1, 0.15) is 6.04 Å².